The second-order valence-corrected chi connectivity index (χ2v) is 6.92. The number of carbonyl (C=O) groups excluding carboxylic acids is 1. The van der Waals surface area contributed by atoms with Crippen molar-refractivity contribution in [3.63, 3.8) is 0 Å². The van der Waals surface area contributed by atoms with Crippen molar-refractivity contribution in [3.8, 4) is 5.75 Å². The molecule has 0 aromatic heterocycles. The second-order valence-electron chi connectivity index (χ2n) is 6.92. The number of hydrogen-bond acceptors (Lipinski definition) is 4. The van der Waals surface area contributed by atoms with Crippen molar-refractivity contribution in [2.24, 2.45) is 5.92 Å². The van der Waals surface area contributed by atoms with E-state index in [0.29, 0.717) is 31.9 Å². The molecule has 1 aliphatic heterocycles. The molecule has 1 atom stereocenters. The van der Waals surface area contributed by atoms with Gasteiger partial charge in [-0.25, -0.2) is 4.39 Å². The monoisotopic (exact) mass is 352 g/mol. The summed E-state index contributed by atoms with van der Waals surface area (Å²) in [6, 6.07) is 4.78. The fourth-order valence-corrected chi connectivity index (χ4v) is 3.03. The number of nitrogens with one attached hydrogen (secondary N) is 1. The Balaban J connectivity index is 1.71. The highest BCUT2D eigenvalue weighted by atomic mass is 19.1. The third-order valence-electron chi connectivity index (χ3n) is 4.23. The molecule has 1 unspecified atom stereocenters. The van der Waals surface area contributed by atoms with Gasteiger partial charge in [-0.05, 0) is 30.0 Å². The zero-order valence-corrected chi connectivity index (χ0v) is 15.4. The number of aryl methyl sites for hydroxylation is 1. The first-order valence-electron chi connectivity index (χ1n) is 8.91. The topological polar surface area (TPSA) is 50.8 Å². The molecule has 2 rings (SSSR count). The highest BCUT2D eigenvalue weighted by Crippen LogP contribution is 2.18. The normalized spacial score (nSPS) is 18.4. The van der Waals surface area contributed by atoms with Crippen molar-refractivity contribution >= 4 is 5.91 Å². The SMILES string of the molecule is COc1ccc(CCC(=O)NCC2CN(CC(C)C)CCO2)cc1F. The van der Waals surface area contributed by atoms with Gasteiger partial charge < -0.3 is 14.8 Å². The zero-order chi connectivity index (χ0) is 18.2. The molecule has 1 aromatic carbocycles. The van der Waals surface area contributed by atoms with Gasteiger partial charge in [0, 0.05) is 32.6 Å². The van der Waals surface area contributed by atoms with Crippen molar-refractivity contribution < 1.29 is 18.7 Å². The van der Waals surface area contributed by atoms with E-state index in [0.717, 1.165) is 25.2 Å². The van der Waals surface area contributed by atoms with Crippen LogP contribution in [0, 0.1) is 11.7 Å². The number of halogens is 1. The Morgan fingerprint density at radius 2 is 2.28 bits per heavy atom. The van der Waals surface area contributed by atoms with Crippen molar-refractivity contribution in [1.29, 1.82) is 0 Å². The second kappa shape index (κ2) is 9.73. The average molecular weight is 352 g/mol. The molecule has 1 heterocycles. The molecule has 1 N–H and O–H groups in total. The van der Waals surface area contributed by atoms with Crippen LogP contribution in [0.2, 0.25) is 0 Å². The van der Waals surface area contributed by atoms with E-state index in [1.807, 2.05) is 0 Å². The molecule has 25 heavy (non-hydrogen) atoms. The number of ether oxygens (including phenoxy) is 2. The smallest absolute Gasteiger partial charge is 0.220 e. The predicted molar refractivity (Wildman–Crippen MR) is 95.3 cm³/mol. The molecule has 0 aliphatic carbocycles. The molecule has 140 valence electrons. The predicted octanol–water partition coefficient (Wildman–Crippen LogP) is 2.24. The Morgan fingerprint density at radius 1 is 1.48 bits per heavy atom. The molecule has 0 radical (unpaired) electrons. The maximum Gasteiger partial charge on any atom is 0.220 e. The van der Waals surface area contributed by atoms with Gasteiger partial charge in [0.15, 0.2) is 11.6 Å². The van der Waals surface area contributed by atoms with Crippen LogP contribution >= 0.6 is 0 Å². The maximum atomic E-state index is 13.6. The van der Waals surface area contributed by atoms with Crippen LogP contribution in [0.4, 0.5) is 4.39 Å². The van der Waals surface area contributed by atoms with Crippen LogP contribution in [0.3, 0.4) is 0 Å². The first-order chi connectivity index (χ1) is 12.0. The van der Waals surface area contributed by atoms with Gasteiger partial charge in [-0.15, -0.1) is 0 Å². The fraction of sp³-hybridized carbons (Fsp3) is 0.632. The molecule has 0 bridgehead atoms. The van der Waals surface area contributed by atoms with Gasteiger partial charge in [0.05, 0.1) is 19.8 Å². The summed E-state index contributed by atoms with van der Waals surface area (Å²) in [5.41, 5.74) is 0.783. The van der Waals surface area contributed by atoms with Crippen molar-refractivity contribution in [3.05, 3.63) is 29.6 Å². The third kappa shape index (κ3) is 6.63. The van der Waals surface area contributed by atoms with E-state index < -0.39 is 5.82 Å². The number of nitrogens with zero attached hydrogens (tertiary/aromatic N) is 1. The largest absolute Gasteiger partial charge is 0.494 e. The van der Waals surface area contributed by atoms with E-state index >= 15 is 0 Å². The average Bonchev–Trinajstić information content (AvgIpc) is 2.58. The molecule has 1 aromatic rings. The molecule has 0 saturated carbocycles. The van der Waals surface area contributed by atoms with E-state index in [1.54, 1.807) is 12.1 Å². The van der Waals surface area contributed by atoms with Crippen LogP contribution in [0.25, 0.3) is 0 Å². The van der Waals surface area contributed by atoms with E-state index in [2.05, 4.69) is 24.1 Å². The van der Waals surface area contributed by atoms with Crippen molar-refractivity contribution in [2.75, 3.05) is 39.9 Å². The molecule has 1 amide bonds. The number of benzene rings is 1. The molecular formula is C19H29FN2O3. The van der Waals surface area contributed by atoms with Crippen molar-refractivity contribution in [2.45, 2.75) is 32.8 Å². The molecular weight excluding hydrogens is 323 g/mol. The highest BCUT2D eigenvalue weighted by molar-refractivity contribution is 5.76. The number of amides is 1. The fourth-order valence-electron chi connectivity index (χ4n) is 3.03. The van der Waals surface area contributed by atoms with E-state index in [4.69, 9.17) is 9.47 Å². The Kier molecular flexibility index (Phi) is 7.65. The van der Waals surface area contributed by atoms with Gasteiger partial charge >= 0.3 is 0 Å². The zero-order valence-electron chi connectivity index (χ0n) is 15.4. The summed E-state index contributed by atoms with van der Waals surface area (Å²) < 4.78 is 24.3. The number of morpholine rings is 1. The summed E-state index contributed by atoms with van der Waals surface area (Å²) in [7, 11) is 1.43. The van der Waals surface area contributed by atoms with E-state index in [-0.39, 0.29) is 17.8 Å². The van der Waals surface area contributed by atoms with Crippen LogP contribution in [0.1, 0.15) is 25.8 Å². The maximum absolute atomic E-state index is 13.6. The minimum atomic E-state index is -0.402. The number of carbonyl (C=O) groups is 1. The quantitative estimate of drug-likeness (QED) is 0.780. The number of rotatable bonds is 8. The lowest BCUT2D eigenvalue weighted by atomic mass is 10.1. The highest BCUT2D eigenvalue weighted by Gasteiger charge is 2.21. The van der Waals surface area contributed by atoms with Gasteiger partial charge in [0.25, 0.3) is 0 Å². The molecule has 5 nitrogen and oxygen atoms in total. The number of methoxy groups -OCH3 is 1. The van der Waals surface area contributed by atoms with E-state index in [9.17, 15) is 9.18 Å². The first kappa shape index (κ1) is 19.7. The van der Waals surface area contributed by atoms with Crippen LogP contribution in [-0.4, -0.2) is 56.8 Å². The summed E-state index contributed by atoms with van der Waals surface area (Å²) in [6.07, 6.45) is 0.862. The summed E-state index contributed by atoms with van der Waals surface area (Å²) >= 11 is 0. The Bertz CT molecular complexity index is 566. The van der Waals surface area contributed by atoms with Gasteiger partial charge in [-0.1, -0.05) is 19.9 Å². The van der Waals surface area contributed by atoms with Crippen LogP contribution in [0.15, 0.2) is 18.2 Å². The van der Waals surface area contributed by atoms with Crippen LogP contribution in [-0.2, 0) is 16.0 Å². The van der Waals surface area contributed by atoms with Gasteiger partial charge in [0.1, 0.15) is 0 Å². The third-order valence-corrected chi connectivity index (χ3v) is 4.23. The molecule has 1 aliphatic rings. The standard InChI is InChI=1S/C19H29FN2O3/c1-14(2)12-22-8-9-25-16(13-22)11-21-19(23)7-5-15-4-6-18(24-3)17(20)10-15/h4,6,10,14,16H,5,7-9,11-13H2,1-3H3,(H,21,23). The van der Waals surface area contributed by atoms with Gasteiger partial charge in [-0.2, -0.15) is 0 Å². The first-order valence-corrected chi connectivity index (χ1v) is 8.91. The Hall–Kier alpha value is -1.66. The minimum absolute atomic E-state index is 0.0369. The van der Waals surface area contributed by atoms with Gasteiger partial charge in [0.2, 0.25) is 5.91 Å². The van der Waals surface area contributed by atoms with Gasteiger partial charge in [-0.3, -0.25) is 9.69 Å². The summed E-state index contributed by atoms with van der Waals surface area (Å²) in [5, 5.41) is 2.92. The van der Waals surface area contributed by atoms with Crippen LogP contribution < -0.4 is 10.1 Å². The molecule has 1 saturated heterocycles. The molecule has 0 spiro atoms. The Morgan fingerprint density at radius 3 is 2.96 bits per heavy atom. The molecule has 6 heteroatoms. The minimum Gasteiger partial charge on any atom is -0.494 e. The molecule has 1 fully saturated rings. The lowest BCUT2D eigenvalue weighted by molar-refractivity contribution is -0.122. The number of hydrogen-bond donors (Lipinski definition) is 1. The lowest BCUT2D eigenvalue weighted by Crippen LogP contribution is -2.48. The summed E-state index contributed by atoms with van der Waals surface area (Å²) in [5.74, 6) is 0.397. The summed E-state index contributed by atoms with van der Waals surface area (Å²) in [4.78, 5) is 14.4. The van der Waals surface area contributed by atoms with Crippen molar-refractivity contribution in [1.82, 2.24) is 10.2 Å². The Labute approximate surface area is 149 Å². The van der Waals surface area contributed by atoms with Crippen LogP contribution in [0.5, 0.6) is 5.75 Å². The van der Waals surface area contributed by atoms with E-state index in [1.165, 1.54) is 13.2 Å². The summed E-state index contributed by atoms with van der Waals surface area (Å²) in [6.45, 7) is 8.48. The lowest BCUT2D eigenvalue weighted by Gasteiger charge is -2.33.